The molecule has 4 aromatic heterocycles. The summed E-state index contributed by atoms with van der Waals surface area (Å²) < 4.78 is 20.6. The Morgan fingerprint density at radius 2 is 1.55 bits per heavy atom. The lowest BCUT2D eigenvalue weighted by Crippen LogP contribution is -2.03. The Hall–Kier alpha value is -5.02. The van der Waals surface area contributed by atoms with Crippen LogP contribution < -0.4 is 4.18 Å². The van der Waals surface area contributed by atoms with Gasteiger partial charge in [0.05, 0.1) is 34.9 Å². The molecule has 0 N–H and O–H groups in total. The molecule has 1 aliphatic rings. The lowest BCUT2D eigenvalue weighted by molar-refractivity contribution is 0.497. The van der Waals surface area contributed by atoms with Gasteiger partial charge in [0.15, 0.2) is 17.2 Å². The summed E-state index contributed by atoms with van der Waals surface area (Å²) in [4.78, 5) is 9.97. The average molecular weight is 543 g/mol. The second-order valence-corrected chi connectivity index (χ2v) is 10.7. The van der Waals surface area contributed by atoms with E-state index < -0.39 is 11.0 Å². The first kappa shape index (κ1) is 22.9. The summed E-state index contributed by atoms with van der Waals surface area (Å²) >= 11 is 0. The molecule has 1 atom stereocenters. The van der Waals surface area contributed by atoms with E-state index in [2.05, 4.69) is 53.1 Å². The monoisotopic (exact) mass is 542 g/mol. The summed E-state index contributed by atoms with van der Waals surface area (Å²) in [6, 6.07) is 32.5. The third-order valence-corrected chi connectivity index (χ3v) is 8.21. The fraction of sp³-hybridized carbons (Fsp3) is 0.0645. The summed E-state index contributed by atoms with van der Waals surface area (Å²) in [5.41, 5.74) is 6.70. The van der Waals surface area contributed by atoms with Crippen molar-refractivity contribution in [2.75, 3.05) is 0 Å². The summed E-state index contributed by atoms with van der Waals surface area (Å²) in [5, 5.41) is 5.73. The largest absolute Gasteiger partial charge is 0.467 e. The zero-order chi connectivity index (χ0) is 26.5. The molecule has 8 rings (SSSR count). The molecule has 9 heteroatoms. The fourth-order valence-electron chi connectivity index (χ4n) is 5.24. The van der Waals surface area contributed by atoms with Gasteiger partial charge in [-0.05, 0) is 35.4 Å². The van der Waals surface area contributed by atoms with Crippen molar-refractivity contribution in [1.29, 1.82) is 0 Å². The molecule has 0 aliphatic carbocycles. The normalized spacial score (nSPS) is 14.3. The topological polar surface area (TPSA) is 82.7 Å². The van der Waals surface area contributed by atoms with Crippen LogP contribution in [0.25, 0.3) is 39.1 Å². The van der Waals surface area contributed by atoms with Gasteiger partial charge in [-0.15, -0.1) is 5.10 Å². The summed E-state index contributed by atoms with van der Waals surface area (Å²) in [6.07, 6.45) is 3.44. The van der Waals surface area contributed by atoms with E-state index in [-0.39, 0.29) is 0 Å². The molecule has 3 aromatic carbocycles. The second-order valence-electron chi connectivity index (χ2n) is 9.47. The molecule has 0 fully saturated rings. The van der Waals surface area contributed by atoms with Gasteiger partial charge in [0.1, 0.15) is 29.2 Å². The summed E-state index contributed by atoms with van der Waals surface area (Å²) in [5.74, 6) is 2.79. The third kappa shape index (κ3) is 3.82. The third-order valence-electron chi connectivity index (χ3n) is 6.93. The quantitative estimate of drug-likeness (QED) is 0.226. The molecule has 1 aliphatic heterocycles. The molecular weight excluding hydrogens is 520 g/mol. The van der Waals surface area contributed by atoms with Crippen LogP contribution in [0.15, 0.2) is 118 Å². The van der Waals surface area contributed by atoms with Crippen molar-refractivity contribution >= 4 is 33.3 Å². The van der Waals surface area contributed by atoms with Crippen LogP contribution in [0.4, 0.5) is 5.69 Å². The minimum Gasteiger partial charge on any atom is -0.467 e. The Labute approximate surface area is 231 Å². The van der Waals surface area contributed by atoms with Gasteiger partial charge in [-0.3, -0.25) is 0 Å². The van der Waals surface area contributed by atoms with Crippen LogP contribution in [0.5, 0.6) is 5.75 Å². The first-order valence-corrected chi connectivity index (χ1v) is 14.2. The number of rotatable bonds is 6. The van der Waals surface area contributed by atoms with Gasteiger partial charge in [-0.1, -0.05) is 72.8 Å². The molecule has 0 amide bonds. The van der Waals surface area contributed by atoms with E-state index in [1.807, 2.05) is 48.5 Å². The van der Waals surface area contributed by atoms with E-state index >= 15 is 0 Å². The SMILES string of the molecule is c1ccc(-c2c(-c3ccccc3)n(Cc3ccco3)c3ncn4nc(CS5=Nc6ccccc6O5)nc4c23)cc1. The van der Waals surface area contributed by atoms with Crippen LogP contribution in [0.1, 0.15) is 11.6 Å². The molecule has 0 saturated carbocycles. The smallest absolute Gasteiger partial charge is 0.169 e. The minimum absolute atomic E-state index is 0.483. The van der Waals surface area contributed by atoms with Gasteiger partial charge in [0, 0.05) is 5.56 Å². The van der Waals surface area contributed by atoms with Crippen LogP contribution in [0.3, 0.4) is 0 Å². The second kappa shape index (κ2) is 9.32. The predicted molar refractivity (Wildman–Crippen MR) is 155 cm³/mol. The van der Waals surface area contributed by atoms with Crippen LogP contribution in [0.2, 0.25) is 0 Å². The van der Waals surface area contributed by atoms with Crippen molar-refractivity contribution in [3.8, 4) is 28.1 Å². The first-order valence-electron chi connectivity index (χ1n) is 12.9. The van der Waals surface area contributed by atoms with E-state index in [1.54, 1.807) is 17.1 Å². The van der Waals surface area contributed by atoms with Gasteiger partial charge in [0.2, 0.25) is 0 Å². The van der Waals surface area contributed by atoms with Crippen molar-refractivity contribution in [1.82, 2.24) is 24.1 Å². The van der Waals surface area contributed by atoms with Gasteiger partial charge >= 0.3 is 0 Å². The minimum atomic E-state index is -0.679. The number of furan rings is 1. The highest BCUT2D eigenvalue weighted by molar-refractivity contribution is 7.82. The van der Waals surface area contributed by atoms with E-state index in [9.17, 15) is 0 Å². The van der Waals surface area contributed by atoms with E-state index in [1.165, 1.54) is 0 Å². The van der Waals surface area contributed by atoms with Gasteiger partial charge in [-0.25, -0.2) is 14.5 Å². The lowest BCUT2D eigenvalue weighted by atomic mass is 9.99. The van der Waals surface area contributed by atoms with E-state index in [0.29, 0.717) is 18.1 Å². The molecule has 0 radical (unpaired) electrons. The molecule has 1 unspecified atom stereocenters. The first-order chi connectivity index (χ1) is 19.8. The number of hydrogen-bond donors (Lipinski definition) is 0. The molecule has 8 nitrogen and oxygen atoms in total. The maximum Gasteiger partial charge on any atom is 0.169 e. The Morgan fingerprint density at radius 3 is 2.33 bits per heavy atom. The van der Waals surface area contributed by atoms with Crippen molar-refractivity contribution in [2.45, 2.75) is 12.3 Å². The fourth-order valence-corrected chi connectivity index (χ4v) is 6.47. The average Bonchev–Trinajstić information content (AvgIpc) is 3.79. The maximum atomic E-state index is 6.07. The van der Waals surface area contributed by atoms with Crippen LogP contribution in [-0.4, -0.2) is 24.1 Å². The molecule has 5 heterocycles. The van der Waals surface area contributed by atoms with Gasteiger partial charge in [-0.2, -0.15) is 4.36 Å². The Morgan fingerprint density at radius 1 is 0.775 bits per heavy atom. The number of hydrogen-bond acceptors (Lipinski definition) is 6. The zero-order valence-corrected chi connectivity index (χ0v) is 22.0. The number of nitrogens with zero attached hydrogens (tertiary/aromatic N) is 6. The number of para-hydroxylation sites is 1. The molecule has 0 bridgehead atoms. The number of aromatic nitrogens is 5. The highest BCUT2D eigenvalue weighted by atomic mass is 32.2. The van der Waals surface area contributed by atoms with Gasteiger partial charge in [0.25, 0.3) is 0 Å². The van der Waals surface area contributed by atoms with Crippen molar-refractivity contribution < 1.29 is 8.60 Å². The Kier molecular flexibility index (Phi) is 5.34. The highest BCUT2D eigenvalue weighted by Gasteiger charge is 2.26. The van der Waals surface area contributed by atoms with Crippen molar-refractivity contribution in [3.05, 3.63) is 121 Å². The van der Waals surface area contributed by atoms with Gasteiger partial charge < -0.3 is 13.2 Å². The van der Waals surface area contributed by atoms with E-state index in [0.717, 1.165) is 56.3 Å². The van der Waals surface area contributed by atoms with E-state index in [4.69, 9.17) is 28.0 Å². The van der Waals surface area contributed by atoms with Crippen LogP contribution >= 0.6 is 0 Å². The molecule has 0 spiro atoms. The molecule has 194 valence electrons. The standard InChI is InChI=1S/C31H22N6O2S/c1-3-10-21(11-4-1)27-28-30(36(18-23-14-9-17-38-23)29(27)22-12-5-2-6-13-22)32-20-37-31(28)33-26(34-37)19-40-35-24-15-7-8-16-25(24)39-40/h1-17,20H,18-19H2. The molecule has 7 aromatic rings. The molecule has 40 heavy (non-hydrogen) atoms. The maximum absolute atomic E-state index is 6.07. The number of fused-ring (bicyclic) bond motifs is 4. The summed E-state index contributed by atoms with van der Waals surface area (Å²) in [6.45, 7) is 0.527. The van der Waals surface area contributed by atoms with Crippen LogP contribution in [-0.2, 0) is 23.3 Å². The lowest BCUT2D eigenvalue weighted by Gasteiger charge is -2.11. The Balaban J connectivity index is 1.36. The zero-order valence-electron chi connectivity index (χ0n) is 21.2. The van der Waals surface area contributed by atoms with Crippen LogP contribution in [0, 0.1) is 0 Å². The van der Waals surface area contributed by atoms with Crippen molar-refractivity contribution in [3.63, 3.8) is 0 Å². The number of benzene rings is 3. The molecule has 0 saturated heterocycles. The highest BCUT2D eigenvalue weighted by Crippen LogP contribution is 2.42. The predicted octanol–water partition coefficient (Wildman–Crippen LogP) is 7.00. The molecular formula is C31H22N6O2S. The Bertz CT molecular complexity index is 2030. The summed E-state index contributed by atoms with van der Waals surface area (Å²) in [7, 11) is -0.679. The van der Waals surface area contributed by atoms with Crippen molar-refractivity contribution in [2.24, 2.45) is 4.36 Å².